The van der Waals surface area contributed by atoms with E-state index < -0.39 is 31.0 Å². The lowest BCUT2D eigenvalue weighted by molar-refractivity contribution is -0.237. The van der Waals surface area contributed by atoms with Gasteiger partial charge in [0.05, 0.1) is 12.8 Å². The Kier molecular flexibility index (Phi) is 4.05. The van der Waals surface area contributed by atoms with Gasteiger partial charge in [0.25, 0.3) is 0 Å². The molecule has 7 nitrogen and oxygen atoms in total. The standard InChI is InChI=1S/C15H28N2O5/c1-14-4-15(2)7-16(5-14)13(17(6-14)8-15)12(22)11(21)10(20)9(19)3-18/h9-13,18-22H,3-8H2,1-2H3/t9-,10-,11+,12+,13?,14?,15?/m1/s1. The Bertz CT molecular complexity index is 398. The maximum Gasteiger partial charge on any atom is 0.111 e. The molecule has 0 aromatic heterocycles. The van der Waals surface area contributed by atoms with Crippen molar-refractivity contribution in [3.8, 4) is 0 Å². The van der Waals surface area contributed by atoms with Crippen LogP contribution >= 0.6 is 0 Å². The van der Waals surface area contributed by atoms with Crippen LogP contribution in [-0.4, -0.2) is 98.7 Å². The van der Waals surface area contributed by atoms with E-state index in [0.29, 0.717) is 0 Å². The molecule has 0 unspecified atom stereocenters. The van der Waals surface area contributed by atoms with E-state index in [4.69, 9.17) is 5.11 Å². The maximum atomic E-state index is 10.5. The molecule has 0 radical (unpaired) electrons. The summed E-state index contributed by atoms with van der Waals surface area (Å²) in [7, 11) is 0. The minimum atomic E-state index is -1.56. The number of hydrogen-bond donors (Lipinski definition) is 5. The van der Waals surface area contributed by atoms with Gasteiger partial charge in [0, 0.05) is 26.2 Å². The molecule has 128 valence electrons. The molecule has 22 heavy (non-hydrogen) atoms. The van der Waals surface area contributed by atoms with Gasteiger partial charge in [0.1, 0.15) is 24.4 Å². The molecule has 0 spiro atoms. The Labute approximate surface area is 130 Å². The molecule has 4 heterocycles. The van der Waals surface area contributed by atoms with Crippen LogP contribution in [0.2, 0.25) is 0 Å². The number of hydrogen-bond acceptors (Lipinski definition) is 7. The van der Waals surface area contributed by atoms with Gasteiger partial charge < -0.3 is 25.5 Å². The number of nitrogens with zero attached hydrogens (tertiary/aromatic N) is 2. The third-order valence-electron chi connectivity index (χ3n) is 5.53. The van der Waals surface area contributed by atoms with E-state index in [2.05, 4.69) is 23.6 Å². The van der Waals surface area contributed by atoms with E-state index >= 15 is 0 Å². The number of aliphatic hydroxyl groups is 5. The average Bonchev–Trinajstić information content (AvgIpc) is 2.41. The van der Waals surface area contributed by atoms with Crippen molar-refractivity contribution in [1.82, 2.24) is 9.80 Å². The predicted octanol–water partition coefficient (Wildman–Crippen LogP) is -2.20. The lowest BCUT2D eigenvalue weighted by atomic mass is 9.63. The lowest BCUT2D eigenvalue weighted by Gasteiger charge is -2.67. The van der Waals surface area contributed by atoms with E-state index in [-0.39, 0.29) is 17.0 Å². The molecule has 4 saturated heterocycles. The molecule has 0 aliphatic carbocycles. The second-order valence-corrected chi connectivity index (χ2v) is 8.24. The summed E-state index contributed by atoms with van der Waals surface area (Å²) in [5.41, 5.74) is 0.408. The van der Waals surface area contributed by atoms with Gasteiger partial charge in [-0.3, -0.25) is 9.80 Å². The van der Waals surface area contributed by atoms with Gasteiger partial charge in [-0.2, -0.15) is 0 Å². The highest BCUT2D eigenvalue weighted by atomic mass is 16.4. The average molecular weight is 316 g/mol. The van der Waals surface area contributed by atoms with Crippen LogP contribution in [0, 0.1) is 10.8 Å². The third-order valence-corrected chi connectivity index (χ3v) is 5.53. The summed E-state index contributed by atoms with van der Waals surface area (Å²) in [5.74, 6) is 0. The molecule has 0 saturated carbocycles. The monoisotopic (exact) mass is 316 g/mol. The van der Waals surface area contributed by atoms with Crippen molar-refractivity contribution in [2.45, 2.75) is 50.8 Å². The summed E-state index contributed by atoms with van der Waals surface area (Å²) in [6, 6.07) is 0. The summed E-state index contributed by atoms with van der Waals surface area (Å²) in [4.78, 5) is 4.37. The first-order valence-corrected chi connectivity index (χ1v) is 7.99. The Balaban J connectivity index is 1.76. The molecule has 0 amide bonds. The minimum absolute atomic E-state index is 0.204. The molecular formula is C15H28N2O5. The molecule has 4 fully saturated rings. The predicted molar refractivity (Wildman–Crippen MR) is 78.9 cm³/mol. The Morgan fingerprint density at radius 3 is 1.77 bits per heavy atom. The van der Waals surface area contributed by atoms with Gasteiger partial charge in [-0.15, -0.1) is 0 Å². The summed E-state index contributed by atoms with van der Waals surface area (Å²) in [6.45, 7) is 7.33. The van der Waals surface area contributed by atoms with Crippen molar-refractivity contribution in [3.05, 3.63) is 0 Å². The van der Waals surface area contributed by atoms with Crippen LogP contribution in [0.15, 0.2) is 0 Å². The van der Waals surface area contributed by atoms with Crippen molar-refractivity contribution >= 4 is 0 Å². The highest BCUT2D eigenvalue weighted by Gasteiger charge is 2.58. The lowest BCUT2D eigenvalue weighted by Crippen LogP contribution is -2.77. The summed E-state index contributed by atoms with van der Waals surface area (Å²) >= 11 is 0. The fourth-order valence-corrected chi connectivity index (χ4v) is 5.18. The zero-order valence-electron chi connectivity index (χ0n) is 13.3. The summed E-state index contributed by atoms with van der Waals surface area (Å²) in [6.07, 6.45) is -4.89. The van der Waals surface area contributed by atoms with Crippen LogP contribution in [0.4, 0.5) is 0 Å². The van der Waals surface area contributed by atoms with Crippen LogP contribution < -0.4 is 0 Å². The maximum absolute atomic E-state index is 10.5. The highest BCUT2D eigenvalue weighted by Crippen LogP contribution is 2.51. The van der Waals surface area contributed by atoms with Crippen molar-refractivity contribution in [3.63, 3.8) is 0 Å². The molecular weight excluding hydrogens is 288 g/mol. The van der Waals surface area contributed by atoms with E-state index in [9.17, 15) is 20.4 Å². The van der Waals surface area contributed by atoms with Gasteiger partial charge >= 0.3 is 0 Å². The van der Waals surface area contributed by atoms with Crippen molar-refractivity contribution < 1.29 is 25.5 Å². The Hall–Kier alpha value is -0.280. The smallest absolute Gasteiger partial charge is 0.111 e. The first-order valence-electron chi connectivity index (χ1n) is 7.99. The minimum Gasteiger partial charge on any atom is -0.394 e. The summed E-state index contributed by atoms with van der Waals surface area (Å²) < 4.78 is 0. The molecule has 4 bridgehead atoms. The fraction of sp³-hybridized carbons (Fsp3) is 1.00. The van der Waals surface area contributed by atoms with Crippen LogP contribution in [0.25, 0.3) is 0 Å². The quantitative estimate of drug-likeness (QED) is 0.392. The number of aliphatic hydroxyl groups excluding tert-OH is 5. The van der Waals surface area contributed by atoms with Crippen molar-refractivity contribution in [1.29, 1.82) is 0 Å². The van der Waals surface area contributed by atoms with Crippen LogP contribution in [0.1, 0.15) is 20.3 Å². The molecule has 7 heteroatoms. The molecule has 4 aliphatic rings. The SMILES string of the molecule is CC12CN3CC(C)(CN(C1)C3[C@@H](O)[C@@H](O)[C@H](O)[C@H](O)CO)C2. The third kappa shape index (κ3) is 2.58. The molecule has 0 aromatic rings. The van der Waals surface area contributed by atoms with E-state index in [0.717, 1.165) is 26.2 Å². The van der Waals surface area contributed by atoms with E-state index in [1.165, 1.54) is 6.42 Å². The zero-order chi connectivity index (χ0) is 16.3. The molecule has 4 rings (SSSR count). The Morgan fingerprint density at radius 2 is 1.36 bits per heavy atom. The van der Waals surface area contributed by atoms with E-state index in [1.807, 2.05) is 0 Å². The van der Waals surface area contributed by atoms with Crippen molar-refractivity contribution in [2.24, 2.45) is 10.8 Å². The largest absolute Gasteiger partial charge is 0.394 e. The molecule has 4 atom stereocenters. The summed E-state index contributed by atoms with van der Waals surface area (Å²) in [5, 5.41) is 49.0. The first-order chi connectivity index (χ1) is 10.2. The van der Waals surface area contributed by atoms with E-state index in [1.54, 1.807) is 0 Å². The topological polar surface area (TPSA) is 108 Å². The molecule has 5 N–H and O–H groups in total. The highest BCUT2D eigenvalue weighted by molar-refractivity contribution is 5.09. The van der Waals surface area contributed by atoms with Gasteiger partial charge in [-0.25, -0.2) is 0 Å². The molecule has 4 aliphatic heterocycles. The number of rotatable bonds is 5. The molecule has 0 aromatic carbocycles. The normalized spacial score (nSPS) is 49.0. The Morgan fingerprint density at radius 1 is 0.909 bits per heavy atom. The van der Waals surface area contributed by atoms with Gasteiger partial charge in [0.15, 0.2) is 0 Å². The van der Waals surface area contributed by atoms with Gasteiger partial charge in [-0.1, -0.05) is 13.8 Å². The number of piperidine rings is 2. The second kappa shape index (κ2) is 5.37. The van der Waals surface area contributed by atoms with Crippen LogP contribution in [0.3, 0.4) is 0 Å². The van der Waals surface area contributed by atoms with Gasteiger partial charge in [-0.05, 0) is 17.3 Å². The van der Waals surface area contributed by atoms with Gasteiger partial charge in [0.2, 0.25) is 0 Å². The zero-order valence-corrected chi connectivity index (χ0v) is 13.3. The van der Waals surface area contributed by atoms with Crippen LogP contribution in [0.5, 0.6) is 0 Å². The second-order valence-electron chi connectivity index (χ2n) is 8.24. The van der Waals surface area contributed by atoms with Crippen molar-refractivity contribution in [2.75, 3.05) is 32.8 Å². The fourth-order valence-electron chi connectivity index (χ4n) is 5.18. The van der Waals surface area contributed by atoms with Crippen LogP contribution in [-0.2, 0) is 0 Å². The first kappa shape index (κ1) is 16.6.